The van der Waals surface area contributed by atoms with Crippen LogP contribution in [0.4, 0.5) is 5.69 Å². The zero-order chi connectivity index (χ0) is 20.3. The van der Waals surface area contributed by atoms with E-state index in [1.807, 2.05) is 18.2 Å². The molecule has 0 bridgehead atoms. The van der Waals surface area contributed by atoms with Gasteiger partial charge in [0.15, 0.2) is 5.69 Å². The lowest BCUT2D eigenvalue weighted by Crippen LogP contribution is -2.32. The Morgan fingerprint density at radius 3 is 2.55 bits per heavy atom. The minimum atomic E-state index is -0.480. The summed E-state index contributed by atoms with van der Waals surface area (Å²) in [6.45, 7) is 2.76. The Labute approximate surface area is 170 Å². The molecule has 1 aliphatic rings. The molecule has 5 nitrogen and oxygen atoms in total. The zero-order valence-electron chi connectivity index (χ0n) is 16.6. The fraction of sp³-hybridized carbons (Fsp3) is 0.292. The number of benzene rings is 2. The van der Waals surface area contributed by atoms with Crippen LogP contribution < -0.4 is 10.7 Å². The summed E-state index contributed by atoms with van der Waals surface area (Å²) < 4.78 is 1.76. The van der Waals surface area contributed by atoms with E-state index in [9.17, 15) is 9.59 Å². The van der Waals surface area contributed by atoms with Crippen molar-refractivity contribution in [2.75, 3.05) is 5.32 Å². The molecule has 148 valence electrons. The third kappa shape index (κ3) is 4.14. The first kappa shape index (κ1) is 19.1. The maximum absolute atomic E-state index is 12.6. The van der Waals surface area contributed by atoms with E-state index in [0.717, 1.165) is 12.8 Å². The summed E-state index contributed by atoms with van der Waals surface area (Å²) >= 11 is 0. The molecule has 29 heavy (non-hydrogen) atoms. The van der Waals surface area contributed by atoms with Gasteiger partial charge in [0.05, 0.1) is 6.54 Å². The quantitative estimate of drug-likeness (QED) is 0.709. The maximum Gasteiger partial charge on any atom is 0.280 e. The molecule has 0 unspecified atom stereocenters. The number of anilines is 1. The smallest absolute Gasteiger partial charge is 0.280 e. The Morgan fingerprint density at radius 2 is 1.83 bits per heavy atom. The standard InChI is InChI=1S/C24H25N3O2/c1-18-8-7-9-19(16-18)24(13-5-6-14-24)17-27-15-12-21(28)22(26-27)23(29)25-20-10-3-2-4-11-20/h2-4,7-12,15-16H,5-6,13-14,17H2,1H3,(H,25,29). The van der Waals surface area contributed by atoms with Gasteiger partial charge in [0.2, 0.25) is 5.43 Å². The molecule has 4 rings (SSSR count). The molecule has 1 heterocycles. The first-order valence-electron chi connectivity index (χ1n) is 10.1. The van der Waals surface area contributed by atoms with Gasteiger partial charge < -0.3 is 5.32 Å². The van der Waals surface area contributed by atoms with Crippen LogP contribution in [0.25, 0.3) is 0 Å². The van der Waals surface area contributed by atoms with E-state index in [0.29, 0.717) is 12.2 Å². The number of carbonyl (C=O) groups excluding carboxylic acids is 1. The highest BCUT2D eigenvalue weighted by Crippen LogP contribution is 2.42. The third-order valence-electron chi connectivity index (χ3n) is 5.76. The fourth-order valence-corrected chi connectivity index (χ4v) is 4.28. The van der Waals surface area contributed by atoms with E-state index >= 15 is 0 Å². The summed E-state index contributed by atoms with van der Waals surface area (Å²) in [7, 11) is 0. The highest BCUT2D eigenvalue weighted by Gasteiger charge is 2.36. The van der Waals surface area contributed by atoms with Crippen LogP contribution in [0.3, 0.4) is 0 Å². The van der Waals surface area contributed by atoms with Crippen LogP contribution in [0, 0.1) is 6.92 Å². The first-order valence-corrected chi connectivity index (χ1v) is 10.1. The monoisotopic (exact) mass is 387 g/mol. The predicted octanol–water partition coefficient (Wildman–Crippen LogP) is 4.32. The van der Waals surface area contributed by atoms with Gasteiger partial charge in [0.1, 0.15) is 0 Å². The molecule has 0 saturated heterocycles. The molecule has 0 radical (unpaired) electrons. The molecule has 0 aliphatic heterocycles. The van der Waals surface area contributed by atoms with Crippen molar-refractivity contribution in [3.8, 4) is 0 Å². The summed E-state index contributed by atoms with van der Waals surface area (Å²) in [4.78, 5) is 24.9. The lowest BCUT2D eigenvalue weighted by Gasteiger charge is -2.30. The van der Waals surface area contributed by atoms with Crippen LogP contribution in [-0.2, 0) is 12.0 Å². The van der Waals surface area contributed by atoms with E-state index in [2.05, 4.69) is 41.6 Å². The predicted molar refractivity (Wildman–Crippen MR) is 114 cm³/mol. The molecular weight excluding hydrogens is 362 g/mol. The Hall–Kier alpha value is -3.21. The number of aromatic nitrogens is 2. The molecular formula is C24H25N3O2. The second-order valence-electron chi connectivity index (χ2n) is 7.90. The maximum atomic E-state index is 12.6. The van der Waals surface area contributed by atoms with Crippen molar-refractivity contribution in [3.05, 3.63) is 93.9 Å². The van der Waals surface area contributed by atoms with Crippen LogP contribution in [-0.4, -0.2) is 15.7 Å². The average Bonchev–Trinajstić information content (AvgIpc) is 3.20. The third-order valence-corrected chi connectivity index (χ3v) is 5.76. The topological polar surface area (TPSA) is 64.0 Å². The molecule has 0 atom stereocenters. The Bertz CT molecular complexity index is 1070. The van der Waals surface area contributed by atoms with Gasteiger partial charge in [-0.15, -0.1) is 0 Å². The number of amides is 1. The first-order chi connectivity index (χ1) is 14.1. The minimum Gasteiger partial charge on any atom is -0.320 e. The summed E-state index contributed by atoms with van der Waals surface area (Å²) in [6, 6.07) is 19.2. The van der Waals surface area contributed by atoms with Crippen molar-refractivity contribution in [1.82, 2.24) is 9.78 Å². The van der Waals surface area contributed by atoms with Crippen molar-refractivity contribution in [3.63, 3.8) is 0 Å². The number of aryl methyl sites for hydroxylation is 1. The molecule has 1 fully saturated rings. The van der Waals surface area contributed by atoms with Gasteiger partial charge in [-0.25, -0.2) is 0 Å². The Balaban J connectivity index is 1.63. The summed E-state index contributed by atoms with van der Waals surface area (Å²) in [5, 5.41) is 7.17. The lowest BCUT2D eigenvalue weighted by molar-refractivity contribution is 0.101. The second-order valence-corrected chi connectivity index (χ2v) is 7.90. The van der Waals surface area contributed by atoms with Crippen molar-refractivity contribution < 1.29 is 4.79 Å². The van der Waals surface area contributed by atoms with Crippen LogP contribution in [0.2, 0.25) is 0 Å². The molecule has 1 N–H and O–H groups in total. The molecule has 0 spiro atoms. The summed E-state index contributed by atoms with van der Waals surface area (Å²) in [6.07, 6.45) is 6.20. The molecule has 1 saturated carbocycles. The number of nitrogens with one attached hydrogen (secondary N) is 1. The van der Waals surface area contributed by atoms with Crippen LogP contribution in [0.5, 0.6) is 0 Å². The number of rotatable bonds is 5. The molecule has 2 aromatic carbocycles. The van der Waals surface area contributed by atoms with Crippen LogP contribution in [0.1, 0.15) is 47.3 Å². The minimum absolute atomic E-state index is 0.0126. The summed E-state index contributed by atoms with van der Waals surface area (Å²) in [5.41, 5.74) is 2.73. The SMILES string of the molecule is Cc1cccc(C2(Cn3ccc(=O)c(C(=O)Nc4ccccc4)n3)CCCC2)c1. The normalized spacial score (nSPS) is 15.2. The summed E-state index contributed by atoms with van der Waals surface area (Å²) in [5.74, 6) is -0.480. The Morgan fingerprint density at radius 1 is 1.07 bits per heavy atom. The number of hydrogen-bond donors (Lipinski definition) is 1. The fourth-order valence-electron chi connectivity index (χ4n) is 4.28. The highest BCUT2D eigenvalue weighted by molar-refractivity contribution is 6.02. The van der Waals surface area contributed by atoms with E-state index in [1.54, 1.807) is 23.0 Å². The van der Waals surface area contributed by atoms with E-state index < -0.39 is 5.91 Å². The number of para-hydroxylation sites is 1. The van der Waals surface area contributed by atoms with Gasteiger partial charge >= 0.3 is 0 Å². The number of carbonyl (C=O) groups is 1. The number of nitrogens with zero attached hydrogens (tertiary/aromatic N) is 2. The molecule has 1 aromatic heterocycles. The van der Waals surface area contributed by atoms with Gasteiger partial charge in [-0.1, -0.05) is 60.9 Å². The van der Waals surface area contributed by atoms with Crippen molar-refractivity contribution in [2.24, 2.45) is 0 Å². The highest BCUT2D eigenvalue weighted by atomic mass is 16.2. The lowest BCUT2D eigenvalue weighted by atomic mass is 9.78. The van der Waals surface area contributed by atoms with Crippen LogP contribution >= 0.6 is 0 Å². The van der Waals surface area contributed by atoms with Crippen LogP contribution in [0.15, 0.2) is 71.7 Å². The Kier molecular flexibility index (Phi) is 5.30. The molecule has 3 aromatic rings. The van der Waals surface area contributed by atoms with Gasteiger partial charge in [-0.05, 0) is 37.5 Å². The zero-order valence-corrected chi connectivity index (χ0v) is 16.6. The van der Waals surface area contributed by atoms with Crippen molar-refractivity contribution in [2.45, 2.75) is 44.6 Å². The van der Waals surface area contributed by atoms with Gasteiger partial charge in [0.25, 0.3) is 5.91 Å². The van der Waals surface area contributed by atoms with Crippen molar-refractivity contribution in [1.29, 1.82) is 0 Å². The van der Waals surface area contributed by atoms with Crippen molar-refractivity contribution >= 4 is 11.6 Å². The largest absolute Gasteiger partial charge is 0.320 e. The van der Waals surface area contributed by atoms with E-state index in [4.69, 9.17) is 0 Å². The van der Waals surface area contributed by atoms with E-state index in [1.165, 1.54) is 30.0 Å². The molecule has 1 aliphatic carbocycles. The molecule has 5 heteroatoms. The van der Waals surface area contributed by atoms with E-state index in [-0.39, 0.29) is 16.5 Å². The van der Waals surface area contributed by atoms with Gasteiger partial charge in [-0.2, -0.15) is 5.10 Å². The second kappa shape index (κ2) is 8.03. The number of hydrogen-bond acceptors (Lipinski definition) is 3. The average molecular weight is 387 g/mol. The molecule has 1 amide bonds. The van der Waals surface area contributed by atoms with Gasteiger partial charge in [0, 0.05) is 23.4 Å². The van der Waals surface area contributed by atoms with Gasteiger partial charge in [-0.3, -0.25) is 14.3 Å².